The zero-order valence-electron chi connectivity index (χ0n) is 8.42. The van der Waals surface area contributed by atoms with Gasteiger partial charge in [-0.25, -0.2) is 0 Å². The Morgan fingerprint density at radius 3 is 2.36 bits per heavy atom. The number of carbonyl (C=O) groups excluding carboxylic acids is 2. The summed E-state index contributed by atoms with van der Waals surface area (Å²) in [5.74, 6) is -0.386. The Labute approximate surface area is 82.1 Å². The van der Waals surface area contributed by atoms with Crippen molar-refractivity contribution >= 4 is 11.8 Å². The van der Waals surface area contributed by atoms with E-state index < -0.39 is 0 Å². The predicted octanol–water partition coefficient (Wildman–Crippen LogP) is 0.0761. The number of aromatic nitrogens is 1. The van der Waals surface area contributed by atoms with Crippen LogP contribution in [0.3, 0.4) is 0 Å². The summed E-state index contributed by atoms with van der Waals surface area (Å²) in [5.41, 5.74) is 0.798. The third kappa shape index (κ3) is 1.93. The number of nitrogens with zero attached hydrogens (tertiary/aromatic N) is 1. The first-order valence-corrected chi connectivity index (χ1v) is 4.19. The summed E-state index contributed by atoms with van der Waals surface area (Å²) >= 11 is 0. The maximum Gasteiger partial charge on any atom is 0.269 e. The van der Waals surface area contributed by atoms with E-state index in [1.807, 2.05) is 0 Å². The van der Waals surface area contributed by atoms with E-state index in [2.05, 4.69) is 10.3 Å². The van der Waals surface area contributed by atoms with E-state index in [9.17, 15) is 9.59 Å². The minimum absolute atomic E-state index is 0.153. The van der Waals surface area contributed by atoms with E-state index in [-0.39, 0.29) is 11.8 Å². The van der Waals surface area contributed by atoms with Crippen LogP contribution < -0.4 is 5.32 Å². The summed E-state index contributed by atoms with van der Waals surface area (Å²) in [5, 5.41) is 2.47. The van der Waals surface area contributed by atoms with Crippen molar-refractivity contribution in [3.8, 4) is 0 Å². The lowest BCUT2D eigenvalue weighted by molar-refractivity contribution is 0.0822. The lowest BCUT2D eigenvalue weighted by Crippen LogP contribution is -2.23. The van der Waals surface area contributed by atoms with Crippen LogP contribution in [-0.4, -0.2) is 42.8 Å². The van der Waals surface area contributed by atoms with Gasteiger partial charge in [-0.05, 0) is 12.1 Å². The van der Waals surface area contributed by atoms with Crippen molar-refractivity contribution in [1.82, 2.24) is 15.2 Å². The molecule has 0 radical (unpaired) electrons. The quantitative estimate of drug-likeness (QED) is 0.701. The normalized spacial score (nSPS) is 9.64. The lowest BCUT2D eigenvalue weighted by atomic mass is 10.4. The highest BCUT2D eigenvalue weighted by atomic mass is 16.2. The van der Waals surface area contributed by atoms with Gasteiger partial charge in [0.15, 0.2) is 0 Å². The van der Waals surface area contributed by atoms with Crippen LogP contribution in [0, 0.1) is 0 Å². The molecule has 0 aliphatic carbocycles. The molecule has 0 saturated heterocycles. The van der Waals surface area contributed by atoms with E-state index in [0.717, 1.165) is 0 Å². The van der Waals surface area contributed by atoms with Crippen molar-refractivity contribution in [3.05, 3.63) is 23.5 Å². The highest BCUT2D eigenvalue weighted by Gasteiger charge is 2.12. The molecule has 0 saturated carbocycles. The molecule has 2 amide bonds. The van der Waals surface area contributed by atoms with Crippen molar-refractivity contribution in [1.29, 1.82) is 0 Å². The number of H-pyrrole nitrogens is 1. The molecule has 0 fully saturated rings. The first-order chi connectivity index (χ1) is 6.56. The molecule has 1 rings (SSSR count). The minimum Gasteiger partial charge on any atom is -0.354 e. The maximum atomic E-state index is 11.4. The first kappa shape index (κ1) is 10.3. The van der Waals surface area contributed by atoms with Crippen molar-refractivity contribution < 1.29 is 9.59 Å². The molecular weight excluding hydrogens is 182 g/mol. The average Bonchev–Trinajstić information content (AvgIpc) is 2.64. The average molecular weight is 195 g/mol. The Bertz CT molecular complexity index is 355. The van der Waals surface area contributed by atoms with Gasteiger partial charge >= 0.3 is 0 Å². The molecule has 0 unspecified atom stereocenters. The van der Waals surface area contributed by atoms with E-state index >= 15 is 0 Å². The van der Waals surface area contributed by atoms with E-state index in [0.29, 0.717) is 11.4 Å². The molecule has 1 aromatic rings. The molecule has 76 valence electrons. The van der Waals surface area contributed by atoms with Crippen LogP contribution in [0.2, 0.25) is 0 Å². The van der Waals surface area contributed by atoms with Crippen LogP contribution in [0.1, 0.15) is 21.0 Å². The van der Waals surface area contributed by atoms with Crippen LogP contribution in [0.15, 0.2) is 12.1 Å². The molecule has 14 heavy (non-hydrogen) atoms. The van der Waals surface area contributed by atoms with E-state index in [1.54, 1.807) is 26.2 Å². The second kappa shape index (κ2) is 3.95. The van der Waals surface area contributed by atoms with Crippen LogP contribution in [0.25, 0.3) is 0 Å². The number of nitrogens with one attached hydrogen (secondary N) is 2. The molecule has 0 spiro atoms. The summed E-state index contributed by atoms with van der Waals surface area (Å²) in [6.45, 7) is 0. The highest BCUT2D eigenvalue weighted by molar-refractivity contribution is 5.97. The summed E-state index contributed by atoms with van der Waals surface area (Å²) in [7, 11) is 4.85. The lowest BCUT2D eigenvalue weighted by Gasteiger charge is -2.07. The molecule has 5 heteroatoms. The largest absolute Gasteiger partial charge is 0.354 e. The Balaban J connectivity index is 2.88. The number of aromatic amines is 1. The topological polar surface area (TPSA) is 65.2 Å². The van der Waals surface area contributed by atoms with Gasteiger partial charge in [0.2, 0.25) is 0 Å². The smallest absolute Gasteiger partial charge is 0.269 e. The fourth-order valence-electron chi connectivity index (χ4n) is 1.03. The summed E-state index contributed by atoms with van der Waals surface area (Å²) in [6.07, 6.45) is 0. The number of rotatable bonds is 2. The molecule has 1 heterocycles. The van der Waals surface area contributed by atoms with Gasteiger partial charge in [0.25, 0.3) is 11.8 Å². The second-order valence-corrected chi connectivity index (χ2v) is 3.06. The number of hydrogen-bond acceptors (Lipinski definition) is 2. The van der Waals surface area contributed by atoms with E-state index in [1.165, 1.54) is 11.9 Å². The van der Waals surface area contributed by atoms with Crippen LogP contribution in [-0.2, 0) is 0 Å². The highest BCUT2D eigenvalue weighted by Crippen LogP contribution is 2.03. The van der Waals surface area contributed by atoms with Gasteiger partial charge in [-0.1, -0.05) is 0 Å². The fraction of sp³-hybridized carbons (Fsp3) is 0.333. The number of hydrogen-bond donors (Lipinski definition) is 2. The van der Waals surface area contributed by atoms with Crippen LogP contribution in [0.5, 0.6) is 0 Å². The predicted molar refractivity (Wildman–Crippen MR) is 52.2 cm³/mol. The van der Waals surface area contributed by atoms with E-state index in [4.69, 9.17) is 0 Å². The van der Waals surface area contributed by atoms with Crippen molar-refractivity contribution in [2.24, 2.45) is 0 Å². The SMILES string of the molecule is CNC(=O)c1ccc(C(=O)N(C)C)[nH]1. The Kier molecular flexibility index (Phi) is 2.91. The molecule has 0 atom stereocenters. The van der Waals surface area contributed by atoms with Gasteiger partial charge in [-0.3, -0.25) is 9.59 Å². The Hall–Kier alpha value is -1.78. The standard InChI is InChI=1S/C9H13N3O2/c1-10-8(13)6-4-5-7(11-6)9(14)12(2)3/h4-5,11H,1-3H3,(H,10,13). The first-order valence-electron chi connectivity index (χ1n) is 4.19. The van der Waals surface area contributed by atoms with Gasteiger partial charge in [0.1, 0.15) is 11.4 Å². The monoisotopic (exact) mass is 195 g/mol. The Morgan fingerprint density at radius 2 is 1.86 bits per heavy atom. The molecule has 2 N–H and O–H groups in total. The molecule has 0 aromatic carbocycles. The van der Waals surface area contributed by atoms with Gasteiger partial charge in [-0.15, -0.1) is 0 Å². The minimum atomic E-state index is -0.234. The Morgan fingerprint density at radius 1 is 1.29 bits per heavy atom. The molecule has 1 aromatic heterocycles. The van der Waals surface area contributed by atoms with Gasteiger partial charge in [0.05, 0.1) is 0 Å². The second-order valence-electron chi connectivity index (χ2n) is 3.06. The van der Waals surface area contributed by atoms with Crippen molar-refractivity contribution in [2.45, 2.75) is 0 Å². The van der Waals surface area contributed by atoms with Crippen molar-refractivity contribution in [2.75, 3.05) is 21.1 Å². The summed E-state index contributed by atoms with van der Waals surface area (Å²) in [6, 6.07) is 3.17. The molecule has 0 bridgehead atoms. The summed E-state index contributed by atoms with van der Waals surface area (Å²) < 4.78 is 0. The maximum absolute atomic E-state index is 11.4. The summed E-state index contributed by atoms with van der Waals surface area (Å²) in [4.78, 5) is 26.8. The number of amides is 2. The van der Waals surface area contributed by atoms with Gasteiger partial charge in [-0.2, -0.15) is 0 Å². The van der Waals surface area contributed by atoms with Crippen LogP contribution in [0.4, 0.5) is 0 Å². The third-order valence-electron chi connectivity index (χ3n) is 1.79. The zero-order valence-corrected chi connectivity index (χ0v) is 8.42. The molecule has 0 aliphatic heterocycles. The number of carbonyl (C=O) groups is 2. The molecular formula is C9H13N3O2. The third-order valence-corrected chi connectivity index (χ3v) is 1.79. The zero-order chi connectivity index (χ0) is 10.7. The van der Waals surface area contributed by atoms with Gasteiger partial charge < -0.3 is 15.2 Å². The molecule has 5 nitrogen and oxygen atoms in total. The van der Waals surface area contributed by atoms with Crippen LogP contribution >= 0.6 is 0 Å². The fourth-order valence-corrected chi connectivity index (χ4v) is 1.03. The van der Waals surface area contributed by atoms with Crippen molar-refractivity contribution in [3.63, 3.8) is 0 Å². The molecule has 0 aliphatic rings. The van der Waals surface area contributed by atoms with Gasteiger partial charge in [0, 0.05) is 21.1 Å².